The molecule has 0 aliphatic carbocycles. The third-order valence-electron chi connectivity index (χ3n) is 2.71. The van der Waals surface area contributed by atoms with Gasteiger partial charge in [0.05, 0.1) is 11.1 Å². The number of benzene rings is 1. The van der Waals surface area contributed by atoms with Crippen molar-refractivity contribution >= 4 is 10.9 Å². The summed E-state index contributed by atoms with van der Waals surface area (Å²) in [4.78, 5) is 4.31. The van der Waals surface area contributed by atoms with Crippen molar-refractivity contribution in [3.63, 3.8) is 0 Å². The minimum atomic E-state index is -4.31. The molecule has 0 saturated carbocycles. The maximum Gasteiger partial charge on any atom is 0.416 e. The van der Waals surface area contributed by atoms with E-state index in [-0.39, 0.29) is 0 Å². The van der Waals surface area contributed by atoms with Gasteiger partial charge < -0.3 is 5.73 Å². The van der Waals surface area contributed by atoms with Gasteiger partial charge >= 0.3 is 6.18 Å². The molecule has 0 unspecified atom stereocenters. The molecule has 96 valence electrons. The Labute approximate surface area is 103 Å². The summed E-state index contributed by atoms with van der Waals surface area (Å²) in [5, 5.41) is 0.501. The van der Waals surface area contributed by atoms with Gasteiger partial charge in [-0.25, -0.2) is 0 Å². The van der Waals surface area contributed by atoms with Crippen LogP contribution in [0.15, 0.2) is 30.3 Å². The van der Waals surface area contributed by atoms with E-state index in [4.69, 9.17) is 5.73 Å². The van der Waals surface area contributed by atoms with Crippen LogP contribution in [0.3, 0.4) is 0 Å². The van der Waals surface area contributed by atoms with E-state index < -0.39 is 11.7 Å². The molecule has 0 spiro atoms. The Kier molecular flexibility index (Phi) is 3.52. The second-order valence-electron chi connectivity index (χ2n) is 4.10. The molecule has 2 nitrogen and oxygen atoms in total. The molecule has 0 saturated heterocycles. The fourth-order valence-electron chi connectivity index (χ4n) is 1.77. The highest BCUT2D eigenvalue weighted by Gasteiger charge is 2.30. The Hall–Kier alpha value is -1.62. The molecule has 2 N–H and O–H groups in total. The van der Waals surface area contributed by atoms with E-state index in [9.17, 15) is 13.2 Å². The lowest BCUT2D eigenvalue weighted by atomic mass is 10.1. The van der Waals surface area contributed by atoms with Gasteiger partial charge in [-0.3, -0.25) is 4.98 Å². The van der Waals surface area contributed by atoms with Crippen LogP contribution in [-0.4, -0.2) is 11.5 Å². The number of hydrogen-bond acceptors (Lipinski definition) is 2. The summed E-state index contributed by atoms with van der Waals surface area (Å²) >= 11 is 0. The third-order valence-corrected chi connectivity index (χ3v) is 2.71. The van der Waals surface area contributed by atoms with Gasteiger partial charge in [-0.05, 0) is 43.7 Å². The Morgan fingerprint density at radius 1 is 1.11 bits per heavy atom. The molecule has 0 aliphatic rings. The molecule has 18 heavy (non-hydrogen) atoms. The fraction of sp³-hybridized carbons (Fsp3) is 0.308. The van der Waals surface area contributed by atoms with E-state index in [0.29, 0.717) is 17.4 Å². The van der Waals surface area contributed by atoms with Gasteiger partial charge in [-0.15, -0.1) is 0 Å². The SMILES string of the molecule is NCCCc1ccc2cc(C(F)(F)F)ccc2n1. The van der Waals surface area contributed by atoms with Gasteiger partial charge in [0, 0.05) is 11.1 Å². The van der Waals surface area contributed by atoms with Crippen LogP contribution in [0.4, 0.5) is 13.2 Å². The zero-order valence-electron chi connectivity index (χ0n) is 9.67. The highest BCUT2D eigenvalue weighted by molar-refractivity contribution is 5.79. The van der Waals surface area contributed by atoms with Crippen molar-refractivity contribution in [1.29, 1.82) is 0 Å². The smallest absolute Gasteiger partial charge is 0.330 e. The molecule has 1 aromatic heterocycles. The van der Waals surface area contributed by atoms with E-state index in [0.717, 1.165) is 30.7 Å². The highest BCUT2D eigenvalue weighted by atomic mass is 19.4. The topological polar surface area (TPSA) is 38.9 Å². The number of pyridine rings is 1. The van der Waals surface area contributed by atoms with Crippen molar-refractivity contribution in [2.45, 2.75) is 19.0 Å². The maximum atomic E-state index is 12.5. The molecule has 1 heterocycles. The highest BCUT2D eigenvalue weighted by Crippen LogP contribution is 2.31. The first-order chi connectivity index (χ1) is 8.50. The van der Waals surface area contributed by atoms with E-state index in [1.54, 1.807) is 12.1 Å². The number of nitrogens with zero attached hydrogens (tertiary/aromatic N) is 1. The normalized spacial score (nSPS) is 12.0. The summed E-state index contributed by atoms with van der Waals surface area (Å²) in [7, 11) is 0. The van der Waals surface area contributed by atoms with Crippen molar-refractivity contribution in [3.8, 4) is 0 Å². The number of hydrogen-bond donors (Lipinski definition) is 1. The average Bonchev–Trinajstić information content (AvgIpc) is 2.34. The van der Waals surface area contributed by atoms with Gasteiger partial charge in [0.15, 0.2) is 0 Å². The maximum absolute atomic E-state index is 12.5. The van der Waals surface area contributed by atoms with Gasteiger partial charge in [0.2, 0.25) is 0 Å². The summed E-state index contributed by atoms with van der Waals surface area (Å²) in [6.07, 6.45) is -2.75. The number of halogens is 3. The number of aromatic nitrogens is 1. The van der Waals surface area contributed by atoms with Crippen LogP contribution in [0.1, 0.15) is 17.7 Å². The summed E-state index contributed by atoms with van der Waals surface area (Å²) < 4.78 is 37.6. The van der Waals surface area contributed by atoms with Gasteiger partial charge in [-0.2, -0.15) is 13.2 Å². The van der Waals surface area contributed by atoms with Gasteiger partial charge in [-0.1, -0.05) is 6.07 Å². The number of aryl methyl sites for hydroxylation is 1. The Bertz CT molecular complexity index is 549. The summed E-state index contributed by atoms with van der Waals surface area (Å²) in [6, 6.07) is 7.00. The molecule has 0 aliphatic heterocycles. The number of fused-ring (bicyclic) bond motifs is 1. The zero-order valence-corrected chi connectivity index (χ0v) is 9.67. The molecule has 2 rings (SSSR count). The van der Waals surface area contributed by atoms with Crippen LogP contribution >= 0.6 is 0 Å². The molecule has 1 aromatic carbocycles. The second kappa shape index (κ2) is 4.94. The van der Waals surface area contributed by atoms with Crippen LogP contribution in [0.5, 0.6) is 0 Å². The molecule has 5 heteroatoms. The standard InChI is InChI=1S/C13H13F3N2/c14-13(15,16)10-4-6-12-9(8-10)3-5-11(18-12)2-1-7-17/h3-6,8H,1-2,7,17H2. The minimum absolute atomic E-state index is 0.501. The van der Waals surface area contributed by atoms with Crippen LogP contribution in [-0.2, 0) is 12.6 Å². The Balaban J connectivity index is 2.36. The summed E-state index contributed by atoms with van der Waals surface area (Å²) in [6.45, 7) is 0.576. The number of alkyl halides is 3. The molecule has 0 fully saturated rings. The lowest BCUT2D eigenvalue weighted by Crippen LogP contribution is -2.05. The molecule has 2 aromatic rings. The van der Waals surface area contributed by atoms with Crippen molar-refractivity contribution in [2.75, 3.05) is 6.54 Å². The van der Waals surface area contributed by atoms with Crippen LogP contribution in [0, 0.1) is 0 Å². The first-order valence-electron chi connectivity index (χ1n) is 5.67. The molecule has 0 amide bonds. The predicted octanol–water partition coefficient (Wildman–Crippen LogP) is 3.14. The van der Waals surface area contributed by atoms with E-state index >= 15 is 0 Å². The quantitative estimate of drug-likeness (QED) is 0.913. The van der Waals surface area contributed by atoms with Crippen LogP contribution in [0.25, 0.3) is 10.9 Å². The molecule has 0 bridgehead atoms. The van der Waals surface area contributed by atoms with E-state index in [1.165, 1.54) is 6.07 Å². The van der Waals surface area contributed by atoms with E-state index in [2.05, 4.69) is 4.98 Å². The average molecular weight is 254 g/mol. The zero-order chi connectivity index (χ0) is 13.2. The summed E-state index contributed by atoms with van der Waals surface area (Å²) in [5.74, 6) is 0. The van der Waals surface area contributed by atoms with Crippen LogP contribution in [0.2, 0.25) is 0 Å². The fourth-order valence-corrected chi connectivity index (χ4v) is 1.77. The van der Waals surface area contributed by atoms with Crippen molar-refractivity contribution < 1.29 is 13.2 Å². The van der Waals surface area contributed by atoms with Crippen LogP contribution < -0.4 is 5.73 Å². The lowest BCUT2D eigenvalue weighted by Gasteiger charge is -2.08. The molecular formula is C13H13F3N2. The number of nitrogens with two attached hydrogens (primary N) is 1. The summed E-state index contributed by atoms with van der Waals surface area (Å²) in [5.41, 5.74) is 6.19. The minimum Gasteiger partial charge on any atom is -0.330 e. The first kappa shape index (κ1) is 12.8. The lowest BCUT2D eigenvalue weighted by molar-refractivity contribution is -0.137. The van der Waals surface area contributed by atoms with Crippen molar-refractivity contribution in [3.05, 3.63) is 41.6 Å². The van der Waals surface area contributed by atoms with Crippen molar-refractivity contribution in [1.82, 2.24) is 4.98 Å². The van der Waals surface area contributed by atoms with Gasteiger partial charge in [0.1, 0.15) is 0 Å². The molecular weight excluding hydrogens is 241 g/mol. The second-order valence-corrected chi connectivity index (χ2v) is 4.10. The Morgan fingerprint density at radius 3 is 2.56 bits per heavy atom. The monoisotopic (exact) mass is 254 g/mol. The number of rotatable bonds is 3. The van der Waals surface area contributed by atoms with E-state index in [1.807, 2.05) is 0 Å². The Morgan fingerprint density at radius 2 is 1.89 bits per heavy atom. The predicted molar refractivity (Wildman–Crippen MR) is 64.1 cm³/mol. The molecule has 0 radical (unpaired) electrons. The first-order valence-corrected chi connectivity index (χ1v) is 5.67. The third kappa shape index (κ3) is 2.79. The van der Waals surface area contributed by atoms with Crippen molar-refractivity contribution in [2.24, 2.45) is 5.73 Å². The molecule has 0 atom stereocenters. The largest absolute Gasteiger partial charge is 0.416 e. The van der Waals surface area contributed by atoms with Gasteiger partial charge in [0.25, 0.3) is 0 Å².